The van der Waals surface area contributed by atoms with Gasteiger partial charge in [0.1, 0.15) is 0 Å². The van der Waals surface area contributed by atoms with Crippen LogP contribution in [0.25, 0.3) is 0 Å². The second-order valence-electron chi connectivity index (χ2n) is 3.47. The molecular weight excluding hydrogens is 244 g/mol. The van der Waals surface area contributed by atoms with Crippen LogP contribution in [-0.4, -0.2) is 36.0 Å². The van der Waals surface area contributed by atoms with Gasteiger partial charge in [0, 0.05) is 18.5 Å². The molecular formula is C7H7F6NO2. The zero-order valence-corrected chi connectivity index (χ0v) is 7.56. The summed E-state index contributed by atoms with van der Waals surface area (Å²) in [5.41, 5.74) is 0. The van der Waals surface area contributed by atoms with Crippen LogP contribution in [0.2, 0.25) is 0 Å². The van der Waals surface area contributed by atoms with E-state index in [1.807, 2.05) is 0 Å². The normalized spacial score (nSPS) is 31.8. The summed E-state index contributed by atoms with van der Waals surface area (Å²) in [6.07, 6.45) is -9.03. The first-order chi connectivity index (χ1) is 7.05. The molecule has 16 heavy (non-hydrogen) atoms. The van der Waals surface area contributed by atoms with Crippen LogP contribution in [0.1, 0.15) is 0 Å². The Morgan fingerprint density at radius 2 is 1.56 bits per heavy atom. The van der Waals surface area contributed by atoms with E-state index in [0.29, 0.717) is 6.54 Å². The Labute approximate surface area is 85.4 Å². The average molecular weight is 251 g/mol. The van der Waals surface area contributed by atoms with E-state index in [0.717, 1.165) is 0 Å². The van der Waals surface area contributed by atoms with Crippen LogP contribution in [0.4, 0.5) is 26.3 Å². The lowest BCUT2D eigenvalue weighted by molar-refractivity contribution is -0.192. The molecule has 0 radical (unpaired) electrons. The summed E-state index contributed by atoms with van der Waals surface area (Å²) in [6, 6.07) is -0.218. The maximum Gasteiger partial charge on any atom is 0.490 e. The van der Waals surface area contributed by atoms with E-state index < -0.39 is 24.2 Å². The highest BCUT2D eigenvalue weighted by Gasteiger charge is 2.68. The maximum atomic E-state index is 11.7. The third kappa shape index (κ3) is 2.77. The summed E-state index contributed by atoms with van der Waals surface area (Å²) in [4.78, 5) is 8.90. The molecule has 9 heteroatoms. The van der Waals surface area contributed by atoms with E-state index >= 15 is 0 Å². The summed E-state index contributed by atoms with van der Waals surface area (Å²) < 4.78 is 67.0. The number of nitrogens with one attached hydrogen (secondary N) is 1. The highest BCUT2D eigenvalue weighted by atomic mass is 19.4. The van der Waals surface area contributed by atoms with E-state index in [-0.39, 0.29) is 12.0 Å². The number of rotatable bonds is 0. The third-order valence-corrected chi connectivity index (χ3v) is 2.38. The number of alkyl halides is 6. The van der Waals surface area contributed by atoms with Crippen molar-refractivity contribution >= 4 is 5.97 Å². The first-order valence-corrected chi connectivity index (χ1v) is 4.15. The van der Waals surface area contributed by atoms with Crippen molar-refractivity contribution in [2.45, 2.75) is 18.4 Å². The van der Waals surface area contributed by atoms with E-state index in [4.69, 9.17) is 9.90 Å². The molecule has 0 aromatic rings. The number of halogens is 6. The van der Waals surface area contributed by atoms with Gasteiger partial charge in [0.15, 0.2) is 0 Å². The highest BCUT2D eigenvalue weighted by molar-refractivity contribution is 5.73. The summed E-state index contributed by atoms with van der Waals surface area (Å²) in [7, 11) is 0. The molecule has 1 heterocycles. The maximum absolute atomic E-state index is 11.7. The van der Waals surface area contributed by atoms with Gasteiger partial charge in [0.25, 0.3) is 0 Å². The molecule has 3 nitrogen and oxygen atoms in total. The predicted octanol–water partition coefficient (Wildman–Crippen LogP) is 1.40. The van der Waals surface area contributed by atoms with Crippen molar-refractivity contribution in [2.75, 3.05) is 6.54 Å². The van der Waals surface area contributed by atoms with Crippen molar-refractivity contribution in [1.29, 1.82) is 0 Å². The molecule has 0 aromatic heterocycles. The van der Waals surface area contributed by atoms with Crippen molar-refractivity contribution in [1.82, 2.24) is 5.32 Å². The Morgan fingerprint density at radius 3 is 1.62 bits per heavy atom. The molecule has 1 saturated carbocycles. The second kappa shape index (κ2) is 3.79. The van der Waals surface area contributed by atoms with Crippen molar-refractivity contribution in [3.05, 3.63) is 0 Å². The minimum absolute atomic E-state index is 0.0787. The zero-order valence-electron chi connectivity index (χ0n) is 7.56. The standard InChI is InChI=1S/C5H6F3N.C2HF3O2/c6-5(7,8)3-2-1-9-4(2)3;3-2(4,5)1(6)7/h2-4,9H,1H2;(H,6,7)/t2-,3-,4-;/m0./s1. The van der Waals surface area contributed by atoms with Crippen LogP contribution in [0.3, 0.4) is 0 Å². The minimum Gasteiger partial charge on any atom is -0.475 e. The summed E-state index contributed by atoms with van der Waals surface area (Å²) >= 11 is 0. The molecule has 94 valence electrons. The highest BCUT2D eigenvalue weighted by Crippen LogP contribution is 2.54. The SMILES string of the molecule is FC(F)(F)[C@H]1[C@@H]2CN[C@@H]21.O=C(O)C(F)(F)F. The summed E-state index contributed by atoms with van der Waals surface area (Å²) in [6.45, 7) is 0.564. The van der Waals surface area contributed by atoms with Gasteiger partial charge in [-0.1, -0.05) is 0 Å². The van der Waals surface area contributed by atoms with Crippen molar-refractivity contribution in [2.24, 2.45) is 11.8 Å². The lowest BCUT2D eigenvalue weighted by atomic mass is 10.3. The fraction of sp³-hybridized carbons (Fsp3) is 0.857. The van der Waals surface area contributed by atoms with E-state index in [1.165, 1.54) is 0 Å². The molecule has 2 aliphatic rings. The minimum atomic E-state index is -5.08. The van der Waals surface area contributed by atoms with Gasteiger partial charge in [-0.05, 0) is 0 Å². The van der Waals surface area contributed by atoms with E-state index in [1.54, 1.807) is 0 Å². The Balaban J connectivity index is 0.000000168. The molecule has 2 rings (SSSR count). The number of hydrogen-bond donors (Lipinski definition) is 2. The number of carboxylic acid groups (broad SMARTS) is 1. The quantitative estimate of drug-likeness (QED) is 0.640. The van der Waals surface area contributed by atoms with Crippen molar-refractivity contribution in [3.63, 3.8) is 0 Å². The van der Waals surface area contributed by atoms with Crippen LogP contribution in [0.5, 0.6) is 0 Å². The van der Waals surface area contributed by atoms with Gasteiger partial charge in [0.05, 0.1) is 5.92 Å². The molecule has 1 aliphatic heterocycles. The molecule has 0 amide bonds. The third-order valence-electron chi connectivity index (χ3n) is 2.38. The second-order valence-corrected chi connectivity index (χ2v) is 3.47. The van der Waals surface area contributed by atoms with Gasteiger partial charge < -0.3 is 10.4 Å². The number of fused-ring (bicyclic) bond motifs is 1. The van der Waals surface area contributed by atoms with Gasteiger partial charge in [-0.3, -0.25) is 0 Å². The largest absolute Gasteiger partial charge is 0.490 e. The van der Waals surface area contributed by atoms with Gasteiger partial charge in [-0.2, -0.15) is 26.3 Å². The molecule has 2 fully saturated rings. The topological polar surface area (TPSA) is 49.3 Å². The predicted molar refractivity (Wildman–Crippen MR) is 38.5 cm³/mol. The molecule has 1 saturated heterocycles. The Kier molecular flexibility index (Phi) is 3.10. The van der Waals surface area contributed by atoms with Gasteiger partial charge >= 0.3 is 18.3 Å². The molecule has 3 atom stereocenters. The van der Waals surface area contributed by atoms with E-state index in [9.17, 15) is 26.3 Å². The molecule has 0 spiro atoms. The van der Waals surface area contributed by atoms with Gasteiger partial charge in [-0.15, -0.1) is 0 Å². The molecule has 0 bridgehead atoms. The number of hydrogen-bond acceptors (Lipinski definition) is 2. The Hall–Kier alpha value is -0.990. The molecule has 0 aromatic carbocycles. The molecule has 1 aliphatic carbocycles. The van der Waals surface area contributed by atoms with Crippen LogP contribution >= 0.6 is 0 Å². The smallest absolute Gasteiger partial charge is 0.475 e. The van der Waals surface area contributed by atoms with Crippen molar-refractivity contribution in [3.8, 4) is 0 Å². The number of carbonyl (C=O) groups is 1. The first kappa shape index (κ1) is 13.1. The van der Waals surface area contributed by atoms with Crippen LogP contribution < -0.4 is 5.32 Å². The van der Waals surface area contributed by atoms with E-state index in [2.05, 4.69) is 5.32 Å². The lowest BCUT2D eigenvalue weighted by Crippen LogP contribution is -2.32. The van der Waals surface area contributed by atoms with Crippen molar-refractivity contribution < 1.29 is 36.2 Å². The average Bonchev–Trinajstić information content (AvgIpc) is 2.50. The number of carboxylic acids is 1. The van der Waals surface area contributed by atoms with Gasteiger partial charge in [-0.25, -0.2) is 4.79 Å². The fourth-order valence-electron chi connectivity index (χ4n) is 1.46. The Morgan fingerprint density at radius 1 is 1.19 bits per heavy atom. The fourth-order valence-corrected chi connectivity index (χ4v) is 1.46. The van der Waals surface area contributed by atoms with Crippen LogP contribution in [0.15, 0.2) is 0 Å². The number of aliphatic carboxylic acids is 1. The Bertz CT molecular complexity index is 276. The summed E-state index contributed by atoms with van der Waals surface area (Å²) in [5, 5.41) is 9.84. The van der Waals surface area contributed by atoms with Gasteiger partial charge in [0.2, 0.25) is 0 Å². The molecule has 2 N–H and O–H groups in total. The zero-order chi connectivity index (χ0) is 12.7. The van der Waals surface area contributed by atoms with Crippen LogP contribution in [-0.2, 0) is 4.79 Å². The molecule has 0 unspecified atom stereocenters. The summed E-state index contributed by atoms with van der Waals surface area (Å²) in [5.74, 6) is -3.85. The lowest BCUT2D eigenvalue weighted by Gasteiger charge is -2.08. The monoisotopic (exact) mass is 251 g/mol. The first-order valence-electron chi connectivity index (χ1n) is 4.15. The van der Waals surface area contributed by atoms with Crippen LogP contribution in [0, 0.1) is 11.8 Å².